The number of hydrogen-bond acceptors (Lipinski definition) is 5. The second-order valence-electron chi connectivity index (χ2n) is 3.61. The first kappa shape index (κ1) is 14.9. The predicted molar refractivity (Wildman–Crippen MR) is 66.1 cm³/mol. The van der Waals surface area contributed by atoms with Crippen LogP contribution in [0.15, 0.2) is 29.2 Å². The fourth-order valence-corrected chi connectivity index (χ4v) is 2.83. The van der Waals surface area contributed by atoms with Crippen molar-refractivity contribution in [2.75, 3.05) is 27.4 Å². The number of aliphatic hydroxyl groups excluding tert-OH is 1. The largest absolute Gasteiger partial charge is 0.495 e. The number of aliphatic hydroxyl groups is 1. The molecular weight excluding hydrogens is 258 g/mol. The Balaban J connectivity index is 2.98. The molecule has 0 heterocycles. The van der Waals surface area contributed by atoms with Gasteiger partial charge in [0.15, 0.2) is 0 Å². The Morgan fingerprint density at radius 2 is 2.00 bits per heavy atom. The van der Waals surface area contributed by atoms with E-state index in [1.54, 1.807) is 18.2 Å². The van der Waals surface area contributed by atoms with Crippen LogP contribution in [0.25, 0.3) is 0 Å². The third kappa shape index (κ3) is 3.67. The van der Waals surface area contributed by atoms with Gasteiger partial charge < -0.3 is 14.6 Å². The van der Waals surface area contributed by atoms with E-state index < -0.39 is 16.1 Å². The lowest BCUT2D eigenvalue weighted by molar-refractivity contribution is 0.139. The molecule has 0 aromatic heterocycles. The van der Waals surface area contributed by atoms with Crippen molar-refractivity contribution in [2.24, 2.45) is 0 Å². The molecule has 0 spiro atoms. The maximum Gasteiger partial charge on any atom is 0.244 e. The molecule has 0 radical (unpaired) electrons. The number of benzene rings is 1. The molecule has 1 rings (SSSR count). The van der Waals surface area contributed by atoms with Crippen LogP contribution in [-0.4, -0.2) is 47.0 Å². The summed E-state index contributed by atoms with van der Waals surface area (Å²) >= 11 is 0. The molecule has 0 fully saturated rings. The van der Waals surface area contributed by atoms with Gasteiger partial charge >= 0.3 is 0 Å². The lowest BCUT2D eigenvalue weighted by atomic mass is 10.3. The molecule has 1 atom stereocenters. The molecule has 18 heavy (non-hydrogen) atoms. The normalized spacial score (nSPS) is 13.3. The van der Waals surface area contributed by atoms with Crippen molar-refractivity contribution in [2.45, 2.75) is 10.9 Å². The Kier molecular flexibility index (Phi) is 5.54. The Bertz CT molecular complexity index is 474. The molecule has 0 aliphatic rings. The van der Waals surface area contributed by atoms with E-state index in [1.807, 2.05) is 0 Å². The van der Waals surface area contributed by atoms with Crippen LogP contribution in [0.3, 0.4) is 0 Å². The van der Waals surface area contributed by atoms with Crippen LogP contribution in [0.2, 0.25) is 0 Å². The highest BCUT2D eigenvalue weighted by atomic mass is 32.2. The lowest BCUT2D eigenvalue weighted by Gasteiger charge is -2.16. The fourth-order valence-electron chi connectivity index (χ4n) is 1.45. The van der Waals surface area contributed by atoms with Gasteiger partial charge in [0.2, 0.25) is 10.0 Å². The van der Waals surface area contributed by atoms with E-state index in [4.69, 9.17) is 14.6 Å². The van der Waals surface area contributed by atoms with Gasteiger partial charge in [0.25, 0.3) is 0 Å². The molecule has 6 nitrogen and oxygen atoms in total. The molecule has 0 aliphatic carbocycles. The first-order chi connectivity index (χ1) is 8.55. The summed E-state index contributed by atoms with van der Waals surface area (Å²) in [6.45, 7) is -0.257. The minimum Gasteiger partial charge on any atom is -0.495 e. The molecule has 1 aromatic carbocycles. The summed E-state index contributed by atoms with van der Waals surface area (Å²) in [4.78, 5) is 0.0297. The number of methoxy groups -OCH3 is 2. The summed E-state index contributed by atoms with van der Waals surface area (Å²) in [6, 6.07) is 5.57. The molecule has 0 amide bonds. The quantitative estimate of drug-likeness (QED) is 0.730. The monoisotopic (exact) mass is 275 g/mol. The molecule has 0 saturated heterocycles. The van der Waals surface area contributed by atoms with Crippen molar-refractivity contribution in [3.63, 3.8) is 0 Å². The molecule has 102 valence electrons. The van der Waals surface area contributed by atoms with Crippen LogP contribution in [0.4, 0.5) is 0 Å². The fraction of sp³-hybridized carbons (Fsp3) is 0.455. The smallest absolute Gasteiger partial charge is 0.244 e. The van der Waals surface area contributed by atoms with Crippen molar-refractivity contribution in [3.05, 3.63) is 24.3 Å². The first-order valence-corrected chi connectivity index (χ1v) is 6.78. The number of nitrogens with one attached hydrogen (secondary N) is 1. The van der Waals surface area contributed by atoms with Crippen molar-refractivity contribution in [1.29, 1.82) is 0 Å². The van der Waals surface area contributed by atoms with Gasteiger partial charge in [-0.25, -0.2) is 13.1 Å². The number of sulfonamides is 1. The summed E-state index contributed by atoms with van der Waals surface area (Å²) in [7, 11) is -0.925. The molecular formula is C11H17NO5S. The van der Waals surface area contributed by atoms with Crippen LogP contribution in [0.5, 0.6) is 5.75 Å². The van der Waals surface area contributed by atoms with E-state index in [9.17, 15) is 8.42 Å². The van der Waals surface area contributed by atoms with E-state index in [0.717, 1.165) is 0 Å². The second-order valence-corrected chi connectivity index (χ2v) is 5.29. The number of rotatable bonds is 7. The average molecular weight is 275 g/mol. The van der Waals surface area contributed by atoms with Gasteiger partial charge in [0.1, 0.15) is 10.6 Å². The zero-order chi connectivity index (χ0) is 13.6. The van der Waals surface area contributed by atoms with Gasteiger partial charge in [-0.3, -0.25) is 0 Å². The van der Waals surface area contributed by atoms with Crippen molar-refractivity contribution < 1.29 is 23.0 Å². The zero-order valence-electron chi connectivity index (χ0n) is 10.3. The van der Waals surface area contributed by atoms with E-state index in [2.05, 4.69) is 4.72 Å². The summed E-state index contributed by atoms with van der Waals surface area (Å²) in [5.74, 6) is 0.249. The minimum atomic E-state index is -3.75. The van der Waals surface area contributed by atoms with Crippen LogP contribution in [0.1, 0.15) is 0 Å². The second kappa shape index (κ2) is 6.69. The van der Waals surface area contributed by atoms with E-state index in [1.165, 1.54) is 20.3 Å². The van der Waals surface area contributed by atoms with Gasteiger partial charge in [0.05, 0.1) is 26.4 Å². The Morgan fingerprint density at radius 1 is 1.33 bits per heavy atom. The number of ether oxygens (including phenoxy) is 2. The van der Waals surface area contributed by atoms with Crippen molar-refractivity contribution >= 4 is 10.0 Å². The zero-order valence-corrected chi connectivity index (χ0v) is 11.1. The summed E-state index contributed by atoms with van der Waals surface area (Å²) in [5.41, 5.74) is 0. The molecule has 1 aromatic rings. The molecule has 0 bridgehead atoms. The lowest BCUT2D eigenvalue weighted by Crippen LogP contribution is -2.40. The SMILES string of the molecule is COCC(CO)NS(=O)(=O)c1ccccc1OC. The van der Waals surface area contributed by atoms with E-state index >= 15 is 0 Å². The van der Waals surface area contributed by atoms with Crippen LogP contribution in [0, 0.1) is 0 Å². The number of hydrogen-bond donors (Lipinski definition) is 2. The molecule has 1 unspecified atom stereocenters. The van der Waals surface area contributed by atoms with Crippen LogP contribution >= 0.6 is 0 Å². The van der Waals surface area contributed by atoms with Gasteiger partial charge in [-0.2, -0.15) is 0 Å². The van der Waals surface area contributed by atoms with Gasteiger partial charge in [0, 0.05) is 7.11 Å². The third-order valence-corrected chi connectivity index (χ3v) is 3.83. The average Bonchev–Trinajstić information content (AvgIpc) is 2.38. The maximum absolute atomic E-state index is 12.1. The summed E-state index contributed by atoms with van der Waals surface area (Å²) < 4.78 is 36.4. The molecule has 2 N–H and O–H groups in total. The first-order valence-electron chi connectivity index (χ1n) is 5.30. The highest BCUT2D eigenvalue weighted by molar-refractivity contribution is 7.89. The highest BCUT2D eigenvalue weighted by Gasteiger charge is 2.22. The Morgan fingerprint density at radius 3 is 2.56 bits per heavy atom. The van der Waals surface area contributed by atoms with Gasteiger partial charge in [-0.1, -0.05) is 12.1 Å². The van der Waals surface area contributed by atoms with Crippen LogP contribution in [-0.2, 0) is 14.8 Å². The van der Waals surface area contributed by atoms with Crippen molar-refractivity contribution in [1.82, 2.24) is 4.72 Å². The summed E-state index contributed by atoms with van der Waals surface area (Å²) in [5, 5.41) is 9.06. The predicted octanol–water partition coefficient (Wildman–Crippen LogP) is -0.0192. The minimum absolute atomic E-state index is 0.0297. The molecule has 7 heteroatoms. The van der Waals surface area contributed by atoms with Gasteiger partial charge in [-0.05, 0) is 12.1 Å². The third-order valence-electron chi connectivity index (χ3n) is 2.27. The van der Waals surface area contributed by atoms with E-state index in [-0.39, 0.29) is 23.9 Å². The highest BCUT2D eigenvalue weighted by Crippen LogP contribution is 2.22. The Labute approximate surface area is 107 Å². The van der Waals surface area contributed by atoms with E-state index in [0.29, 0.717) is 0 Å². The maximum atomic E-state index is 12.1. The molecule has 0 aliphatic heterocycles. The Hall–Kier alpha value is -1.15. The van der Waals surface area contributed by atoms with Crippen LogP contribution < -0.4 is 9.46 Å². The number of para-hydroxylation sites is 1. The van der Waals surface area contributed by atoms with Gasteiger partial charge in [-0.15, -0.1) is 0 Å². The summed E-state index contributed by atoms with van der Waals surface area (Å²) in [6.07, 6.45) is 0. The standard InChI is InChI=1S/C11H17NO5S/c1-16-8-9(7-13)12-18(14,15)11-6-4-3-5-10(11)17-2/h3-6,9,12-13H,7-8H2,1-2H3. The molecule has 0 saturated carbocycles. The van der Waals surface area contributed by atoms with Crippen molar-refractivity contribution in [3.8, 4) is 5.75 Å². The topological polar surface area (TPSA) is 84.9 Å².